The van der Waals surface area contributed by atoms with Crippen LogP contribution in [-0.4, -0.2) is 30.6 Å². The lowest BCUT2D eigenvalue weighted by molar-refractivity contribution is 0.0749. The van der Waals surface area contributed by atoms with Crippen LogP contribution in [0.4, 0.5) is 0 Å². The Morgan fingerprint density at radius 2 is 2.06 bits per heavy atom. The van der Waals surface area contributed by atoms with Crippen molar-refractivity contribution in [3.8, 4) is 0 Å². The van der Waals surface area contributed by atoms with Gasteiger partial charge in [0.1, 0.15) is 6.10 Å². The summed E-state index contributed by atoms with van der Waals surface area (Å²) < 4.78 is 0. The summed E-state index contributed by atoms with van der Waals surface area (Å²) in [6.45, 7) is 6.35. The predicted octanol–water partition coefficient (Wildman–Crippen LogP) is 1.88. The van der Waals surface area contributed by atoms with Crippen molar-refractivity contribution in [3.05, 3.63) is 34.9 Å². The summed E-state index contributed by atoms with van der Waals surface area (Å²) in [6.07, 6.45) is -0.971. The Morgan fingerprint density at radius 1 is 1.41 bits per heavy atom. The number of hydrogen-bond donors (Lipinski definition) is 2. The Labute approximate surface area is 103 Å². The minimum absolute atomic E-state index is 0.209. The number of aliphatic hydroxyl groups excluding tert-OH is 1. The highest BCUT2D eigenvalue weighted by atomic mass is 16.3. The second kappa shape index (κ2) is 5.94. The van der Waals surface area contributed by atoms with E-state index in [9.17, 15) is 9.90 Å². The molecule has 1 aromatic carbocycles. The van der Waals surface area contributed by atoms with Gasteiger partial charge in [-0.1, -0.05) is 26.0 Å². The van der Waals surface area contributed by atoms with Crippen molar-refractivity contribution in [3.63, 3.8) is 0 Å². The molecule has 0 heterocycles. The van der Waals surface area contributed by atoms with E-state index in [-0.39, 0.29) is 12.3 Å². The van der Waals surface area contributed by atoms with Gasteiger partial charge in [0.25, 0.3) is 0 Å². The van der Waals surface area contributed by atoms with Crippen LogP contribution < -0.4 is 5.32 Å². The van der Waals surface area contributed by atoms with E-state index in [0.29, 0.717) is 11.5 Å². The summed E-state index contributed by atoms with van der Waals surface area (Å²) in [6, 6.07) is 5.86. The van der Waals surface area contributed by atoms with Crippen molar-refractivity contribution in [2.45, 2.75) is 32.8 Å². The highest BCUT2D eigenvalue weighted by Crippen LogP contribution is 2.19. The number of nitrogens with one attached hydrogen (secondary N) is 1. The Bertz CT molecular complexity index is 399. The van der Waals surface area contributed by atoms with Gasteiger partial charge in [0.2, 0.25) is 0 Å². The molecule has 0 saturated carbocycles. The summed E-state index contributed by atoms with van der Waals surface area (Å²) in [7, 11) is 1.72. The zero-order valence-electron chi connectivity index (χ0n) is 10.9. The molecule has 0 saturated heterocycles. The summed E-state index contributed by atoms with van der Waals surface area (Å²) in [5, 5.41) is 12.5. The molecule has 0 spiro atoms. The van der Waals surface area contributed by atoms with Crippen molar-refractivity contribution in [1.82, 2.24) is 5.32 Å². The number of aliphatic hydroxyl groups is 1. The van der Waals surface area contributed by atoms with Crippen LogP contribution >= 0.6 is 0 Å². The van der Waals surface area contributed by atoms with E-state index in [1.807, 2.05) is 25.1 Å². The Hall–Kier alpha value is -1.19. The second-order valence-electron chi connectivity index (χ2n) is 4.67. The fourth-order valence-corrected chi connectivity index (χ4v) is 1.73. The molecule has 1 unspecified atom stereocenters. The van der Waals surface area contributed by atoms with Crippen molar-refractivity contribution < 1.29 is 9.90 Å². The first-order valence-electron chi connectivity index (χ1n) is 5.94. The van der Waals surface area contributed by atoms with Crippen molar-refractivity contribution >= 4 is 5.78 Å². The van der Waals surface area contributed by atoms with E-state index in [1.54, 1.807) is 7.05 Å². The summed E-state index contributed by atoms with van der Waals surface area (Å²) in [4.78, 5) is 12.0. The van der Waals surface area contributed by atoms with Crippen LogP contribution in [0.2, 0.25) is 0 Å². The molecule has 0 aliphatic carbocycles. The lowest BCUT2D eigenvalue weighted by Gasteiger charge is -2.13. The van der Waals surface area contributed by atoms with Gasteiger partial charge >= 0.3 is 0 Å². The number of Topliss-reactive ketones (excluding diaryl/α,β-unsaturated/α-hetero) is 1. The van der Waals surface area contributed by atoms with Crippen LogP contribution in [-0.2, 0) is 0 Å². The van der Waals surface area contributed by atoms with E-state index in [0.717, 1.165) is 11.1 Å². The third kappa shape index (κ3) is 3.38. The van der Waals surface area contributed by atoms with E-state index in [2.05, 4.69) is 19.2 Å². The Morgan fingerprint density at radius 3 is 2.59 bits per heavy atom. The van der Waals surface area contributed by atoms with Gasteiger partial charge in [-0.25, -0.2) is 0 Å². The fraction of sp³-hybridized carbons (Fsp3) is 0.500. The molecule has 1 atom stereocenters. The third-order valence-electron chi connectivity index (χ3n) is 2.89. The normalized spacial score (nSPS) is 12.8. The first-order chi connectivity index (χ1) is 7.97. The first kappa shape index (κ1) is 13.9. The lowest BCUT2D eigenvalue weighted by atomic mass is 9.94. The summed E-state index contributed by atoms with van der Waals surface area (Å²) in [5.41, 5.74) is 2.66. The molecule has 0 aromatic heterocycles. The molecule has 1 rings (SSSR count). The van der Waals surface area contributed by atoms with Crippen LogP contribution in [0.5, 0.6) is 0 Å². The number of aryl methyl sites for hydroxylation is 1. The monoisotopic (exact) mass is 235 g/mol. The summed E-state index contributed by atoms with van der Waals surface area (Å²) in [5.74, 6) is 0.169. The van der Waals surface area contributed by atoms with Gasteiger partial charge in [0.05, 0.1) is 0 Å². The van der Waals surface area contributed by atoms with Crippen LogP contribution in [0.25, 0.3) is 0 Å². The number of rotatable bonds is 5. The largest absolute Gasteiger partial charge is 0.384 e. The van der Waals surface area contributed by atoms with Crippen molar-refractivity contribution in [2.24, 2.45) is 0 Å². The smallest absolute Gasteiger partial charge is 0.192 e. The van der Waals surface area contributed by atoms with Crippen molar-refractivity contribution in [1.29, 1.82) is 0 Å². The number of carbonyl (C=O) groups excluding carboxylic acids is 1. The minimum Gasteiger partial charge on any atom is -0.384 e. The van der Waals surface area contributed by atoms with Gasteiger partial charge in [-0.15, -0.1) is 0 Å². The molecule has 3 heteroatoms. The molecule has 2 N–H and O–H groups in total. The molecule has 94 valence electrons. The fourth-order valence-electron chi connectivity index (χ4n) is 1.73. The zero-order valence-corrected chi connectivity index (χ0v) is 10.9. The van der Waals surface area contributed by atoms with E-state index >= 15 is 0 Å². The highest BCUT2D eigenvalue weighted by Gasteiger charge is 2.18. The van der Waals surface area contributed by atoms with Gasteiger partial charge in [-0.2, -0.15) is 0 Å². The van der Waals surface area contributed by atoms with Crippen molar-refractivity contribution in [2.75, 3.05) is 13.6 Å². The number of hydrogen-bond acceptors (Lipinski definition) is 3. The predicted molar refractivity (Wildman–Crippen MR) is 69.5 cm³/mol. The Balaban J connectivity index is 3.03. The molecule has 17 heavy (non-hydrogen) atoms. The van der Waals surface area contributed by atoms with Crippen LogP contribution in [0.1, 0.15) is 41.3 Å². The molecule has 0 radical (unpaired) electrons. The zero-order chi connectivity index (χ0) is 13.0. The summed E-state index contributed by atoms with van der Waals surface area (Å²) >= 11 is 0. The molecular formula is C14H21NO2. The number of ketones is 1. The first-order valence-corrected chi connectivity index (χ1v) is 5.94. The molecule has 0 aliphatic rings. The molecule has 1 aromatic rings. The molecule has 0 bridgehead atoms. The Kier molecular flexibility index (Phi) is 4.85. The lowest BCUT2D eigenvalue weighted by Crippen LogP contribution is -2.31. The minimum atomic E-state index is -0.971. The number of carbonyl (C=O) groups is 1. The highest BCUT2D eigenvalue weighted by molar-refractivity contribution is 6.00. The van der Waals surface area contributed by atoms with E-state index in [4.69, 9.17) is 0 Å². The van der Waals surface area contributed by atoms with Gasteiger partial charge in [0.15, 0.2) is 5.78 Å². The van der Waals surface area contributed by atoms with Crippen LogP contribution in [0.15, 0.2) is 18.2 Å². The standard InChI is InChI=1S/C14H21NO2/c1-9(2)11-6-5-10(3)12(7-11)14(17)13(16)8-15-4/h5-7,9,13,15-16H,8H2,1-4H3. The molecular weight excluding hydrogens is 214 g/mol. The van der Waals surface area contributed by atoms with Gasteiger partial charge in [0, 0.05) is 12.1 Å². The van der Waals surface area contributed by atoms with E-state index < -0.39 is 6.10 Å². The average molecular weight is 235 g/mol. The topological polar surface area (TPSA) is 49.3 Å². The second-order valence-corrected chi connectivity index (χ2v) is 4.67. The van der Waals surface area contributed by atoms with Gasteiger partial charge in [-0.05, 0) is 37.1 Å². The van der Waals surface area contributed by atoms with Gasteiger partial charge in [-0.3, -0.25) is 4.79 Å². The maximum absolute atomic E-state index is 12.0. The number of likely N-dealkylation sites (N-methyl/N-ethyl adjacent to an activating group) is 1. The maximum atomic E-state index is 12.0. The molecule has 0 amide bonds. The van der Waals surface area contributed by atoms with Crippen LogP contribution in [0.3, 0.4) is 0 Å². The quantitative estimate of drug-likeness (QED) is 0.766. The molecule has 0 aliphatic heterocycles. The number of benzene rings is 1. The molecule has 3 nitrogen and oxygen atoms in total. The third-order valence-corrected chi connectivity index (χ3v) is 2.89. The maximum Gasteiger partial charge on any atom is 0.192 e. The molecule has 0 fully saturated rings. The average Bonchev–Trinajstić information content (AvgIpc) is 2.28. The van der Waals surface area contributed by atoms with Gasteiger partial charge < -0.3 is 10.4 Å². The van der Waals surface area contributed by atoms with Crippen LogP contribution in [0, 0.1) is 6.92 Å². The van der Waals surface area contributed by atoms with E-state index in [1.165, 1.54) is 0 Å². The SMILES string of the molecule is CNCC(O)C(=O)c1cc(C(C)C)ccc1C.